The largest absolute Gasteiger partial charge is 0.405 e. The van der Waals surface area contributed by atoms with Gasteiger partial charge < -0.3 is 4.84 Å². The first-order valence-electron chi connectivity index (χ1n) is 5.48. The number of alkyl halides is 4. The minimum Gasteiger partial charge on any atom is -0.387 e. The van der Waals surface area contributed by atoms with Crippen LogP contribution in [0.15, 0.2) is 11.4 Å². The molecule has 4 nitrogen and oxygen atoms in total. The number of nitrogens with one attached hydrogen (secondary N) is 1. The fraction of sp³-hybridized carbons (Fsp3) is 0.600. The predicted octanol–water partition coefficient (Wildman–Crippen LogP) is 4.13. The number of nitrogens with zero attached hydrogens (tertiary/aromatic N) is 2. The first kappa shape index (κ1) is 15.8. The van der Waals surface area contributed by atoms with E-state index >= 15 is 0 Å². The van der Waals surface area contributed by atoms with Crippen molar-refractivity contribution in [1.29, 1.82) is 0 Å². The lowest BCUT2D eigenvalue weighted by atomic mass is 10.1. The summed E-state index contributed by atoms with van der Waals surface area (Å²) in [5, 5.41) is 7.71. The Morgan fingerprint density at radius 3 is 2.75 bits per heavy atom. The van der Waals surface area contributed by atoms with E-state index in [0.29, 0.717) is 11.8 Å². The van der Waals surface area contributed by atoms with Crippen LogP contribution in [0.2, 0.25) is 5.15 Å². The fourth-order valence-electron chi connectivity index (χ4n) is 1.59. The van der Waals surface area contributed by atoms with Crippen molar-refractivity contribution in [1.82, 2.24) is 10.2 Å². The van der Waals surface area contributed by atoms with Crippen LogP contribution in [0.5, 0.6) is 0 Å². The van der Waals surface area contributed by atoms with Crippen molar-refractivity contribution < 1.29 is 18.0 Å². The molecule has 0 saturated heterocycles. The molecule has 2 unspecified atom stereocenters. The molecule has 2 rings (SSSR count). The summed E-state index contributed by atoms with van der Waals surface area (Å²) in [6.07, 6.45) is -3.20. The summed E-state index contributed by atoms with van der Waals surface area (Å²) in [5.74, 6) is 0.143. The monoisotopic (exact) mass is 347 g/mol. The molecule has 0 aromatic carbocycles. The Hall–Kier alpha value is -0.600. The molecule has 2 atom stereocenters. The molecule has 112 valence electrons. The second-order valence-electron chi connectivity index (χ2n) is 4.52. The number of halogens is 5. The van der Waals surface area contributed by atoms with E-state index in [1.165, 1.54) is 0 Å². The van der Waals surface area contributed by atoms with Gasteiger partial charge in [0.1, 0.15) is 15.4 Å². The third kappa shape index (κ3) is 3.35. The van der Waals surface area contributed by atoms with Crippen LogP contribution < -0.4 is 0 Å². The van der Waals surface area contributed by atoms with Gasteiger partial charge in [0.25, 0.3) is 0 Å². The minimum atomic E-state index is -4.49. The molecule has 1 aliphatic heterocycles. The van der Waals surface area contributed by atoms with E-state index in [-0.39, 0.29) is 28.1 Å². The fourth-order valence-corrected chi connectivity index (χ4v) is 3.18. The van der Waals surface area contributed by atoms with Crippen LogP contribution in [-0.2, 0) is 4.84 Å². The van der Waals surface area contributed by atoms with Gasteiger partial charge in [0, 0.05) is 12.0 Å². The standard InChI is InChI=1S/C10H10Cl2F3N3OS/c1-9(4-11)2-6(18-19-9)20-7(10(13,14)15)5-3-16-17-8(5)12/h3,7H,2,4H2,1H3,(H,16,17). The van der Waals surface area contributed by atoms with Gasteiger partial charge in [0.2, 0.25) is 0 Å². The van der Waals surface area contributed by atoms with E-state index in [4.69, 9.17) is 28.0 Å². The highest BCUT2D eigenvalue weighted by Crippen LogP contribution is 2.47. The molecule has 0 spiro atoms. The zero-order valence-electron chi connectivity index (χ0n) is 10.2. The highest BCUT2D eigenvalue weighted by Gasteiger charge is 2.46. The lowest BCUT2D eigenvalue weighted by Crippen LogP contribution is -2.26. The number of H-pyrrole nitrogens is 1. The van der Waals surface area contributed by atoms with Crippen LogP contribution in [0.4, 0.5) is 13.2 Å². The number of rotatable bonds is 3. The number of aromatic nitrogens is 2. The molecular weight excluding hydrogens is 338 g/mol. The van der Waals surface area contributed by atoms with Gasteiger partial charge in [-0.25, -0.2) is 0 Å². The van der Waals surface area contributed by atoms with Crippen LogP contribution in [0.3, 0.4) is 0 Å². The van der Waals surface area contributed by atoms with E-state index in [2.05, 4.69) is 15.4 Å². The summed E-state index contributed by atoms with van der Waals surface area (Å²) in [6, 6.07) is 0. The first-order valence-corrected chi connectivity index (χ1v) is 7.27. The van der Waals surface area contributed by atoms with Crippen molar-refractivity contribution >= 4 is 40.0 Å². The Balaban J connectivity index is 2.17. The van der Waals surface area contributed by atoms with Crippen molar-refractivity contribution in [2.24, 2.45) is 5.16 Å². The van der Waals surface area contributed by atoms with Crippen LogP contribution in [0.25, 0.3) is 0 Å². The average molecular weight is 348 g/mol. The molecular formula is C10H10Cl2F3N3OS. The van der Waals surface area contributed by atoms with Gasteiger partial charge in [0.15, 0.2) is 5.60 Å². The molecule has 20 heavy (non-hydrogen) atoms. The Morgan fingerprint density at radius 2 is 2.30 bits per heavy atom. The summed E-state index contributed by atoms with van der Waals surface area (Å²) in [7, 11) is 0. The van der Waals surface area contributed by atoms with Crippen molar-refractivity contribution in [2.75, 3.05) is 5.88 Å². The number of hydrogen-bond donors (Lipinski definition) is 1. The zero-order chi connectivity index (χ0) is 15.0. The molecule has 1 N–H and O–H groups in total. The van der Waals surface area contributed by atoms with Gasteiger partial charge in [-0.3, -0.25) is 5.10 Å². The van der Waals surface area contributed by atoms with Crippen molar-refractivity contribution in [3.63, 3.8) is 0 Å². The molecule has 0 bridgehead atoms. The van der Waals surface area contributed by atoms with E-state index < -0.39 is 17.0 Å². The molecule has 1 aromatic rings. The molecule has 0 fully saturated rings. The maximum Gasteiger partial charge on any atom is 0.405 e. The Morgan fingerprint density at radius 1 is 1.60 bits per heavy atom. The number of hydrogen-bond acceptors (Lipinski definition) is 4. The maximum absolute atomic E-state index is 13.1. The van der Waals surface area contributed by atoms with E-state index in [1.54, 1.807) is 6.92 Å². The minimum absolute atomic E-state index is 0.133. The second-order valence-corrected chi connectivity index (χ2v) is 6.34. The number of thioether (sulfide) groups is 1. The zero-order valence-corrected chi connectivity index (χ0v) is 12.5. The van der Waals surface area contributed by atoms with Gasteiger partial charge in [-0.15, -0.1) is 11.6 Å². The molecule has 0 radical (unpaired) electrons. The maximum atomic E-state index is 13.1. The van der Waals surface area contributed by atoms with Gasteiger partial charge in [-0.05, 0) is 6.92 Å². The first-order chi connectivity index (χ1) is 9.25. The van der Waals surface area contributed by atoms with Crippen molar-refractivity contribution in [2.45, 2.75) is 30.4 Å². The molecule has 10 heteroatoms. The summed E-state index contributed by atoms with van der Waals surface area (Å²) >= 11 is 11.9. The number of aromatic amines is 1. The van der Waals surface area contributed by atoms with Crippen LogP contribution in [0, 0.1) is 0 Å². The van der Waals surface area contributed by atoms with E-state index in [9.17, 15) is 13.2 Å². The summed E-state index contributed by atoms with van der Waals surface area (Å²) in [5.41, 5.74) is -0.897. The lowest BCUT2D eigenvalue weighted by molar-refractivity contribution is -0.129. The molecule has 1 aromatic heterocycles. The summed E-state index contributed by atoms with van der Waals surface area (Å²) in [4.78, 5) is 5.07. The second kappa shape index (κ2) is 5.65. The Kier molecular flexibility index (Phi) is 4.46. The van der Waals surface area contributed by atoms with Crippen molar-refractivity contribution in [3.05, 3.63) is 16.9 Å². The average Bonchev–Trinajstić information content (AvgIpc) is 2.92. The summed E-state index contributed by atoms with van der Waals surface area (Å²) in [6.45, 7) is 1.69. The number of oxime groups is 1. The van der Waals surface area contributed by atoms with Crippen LogP contribution in [-0.4, -0.2) is 32.9 Å². The van der Waals surface area contributed by atoms with E-state index in [1.807, 2.05) is 0 Å². The smallest absolute Gasteiger partial charge is 0.387 e. The topological polar surface area (TPSA) is 50.3 Å². The third-order valence-corrected chi connectivity index (χ3v) is 4.75. The molecule has 0 aliphatic carbocycles. The quantitative estimate of drug-likeness (QED) is 0.836. The predicted molar refractivity (Wildman–Crippen MR) is 72.2 cm³/mol. The lowest BCUT2D eigenvalue weighted by Gasteiger charge is -2.19. The summed E-state index contributed by atoms with van der Waals surface area (Å²) < 4.78 is 39.4. The SMILES string of the molecule is CC1(CCl)CC(SC(c2cn[nH]c2Cl)C(F)(F)F)=NO1. The third-order valence-electron chi connectivity index (χ3n) is 2.63. The Labute approximate surface area is 127 Å². The molecule has 2 heterocycles. The van der Waals surface area contributed by atoms with Gasteiger partial charge in [-0.1, -0.05) is 28.5 Å². The molecule has 0 saturated carbocycles. The molecule has 1 aliphatic rings. The van der Waals surface area contributed by atoms with Crippen LogP contribution in [0.1, 0.15) is 24.2 Å². The normalized spacial score (nSPS) is 24.4. The molecule has 0 amide bonds. The van der Waals surface area contributed by atoms with Crippen LogP contribution >= 0.6 is 35.0 Å². The highest BCUT2D eigenvalue weighted by atomic mass is 35.5. The van der Waals surface area contributed by atoms with Gasteiger partial charge in [-0.2, -0.15) is 18.3 Å². The Bertz CT molecular complexity index is 522. The van der Waals surface area contributed by atoms with Gasteiger partial charge >= 0.3 is 6.18 Å². The van der Waals surface area contributed by atoms with Crippen molar-refractivity contribution in [3.8, 4) is 0 Å². The van der Waals surface area contributed by atoms with Gasteiger partial charge in [0.05, 0.1) is 12.1 Å². The van der Waals surface area contributed by atoms with E-state index in [0.717, 1.165) is 6.20 Å². The highest BCUT2D eigenvalue weighted by molar-refractivity contribution is 8.14.